The summed E-state index contributed by atoms with van der Waals surface area (Å²) in [6.07, 6.45) is 5.78. The summed E-state index contributed by atoms with van der Waals surface area (Å²) in [5.74, 6) is 0. The van der Waals surface area contributed by atoms with Crippen molar-refractivity contribution in [3.63, 3.8) is 0 Å². The Bertz CT molecular complexity index is 573. The number of dihydropyridines is 1. The zero-order valence-electron chi connectivity index (χ0n) is 11.6. The molecule has 2 rings (SSSR count). The van der Waals surface area contributed by atoms with Crippen LogP contribution < -0.4 is 0 Å². The van der Waals surface area contributed by atoms with Gasteiger partial charge in [-0.1, -0.05) is 48.2 Å². The Morgan fingerprint density at radius 3 is 2.75 bits per heavy atom. The van der Waals surface area contributed by atoms with Gasteiger partial charge in [0.05, 0.1) is 22.7 Å². The Labute approximate surface area is 129 Å². The fourth-order valence-corrected chi connectivity index (χ4v) is 2.85. The molecule has 0 aromatic heterocycles. The molecule has 1 aromatic rings. The molecule has 0 bridgehead atoms. The molecule has 20 heavy (non-hydrogen) atoms. The van der Waals surface area contributed by atoms with Gasteiger partial charge >= 0.3 is 0 Å². The maximum Gasteiger partial charge on any atom is 0.0947 e. The second kappa shape index (κ2) is 7.46. The molecule has 0 radical (unpaired) electrons. The molecule has 4 heteroatoms. The number of benzene rings is 1. The van der Waals surface area contributed by atoms with E-state index < -0.39 is 0 Å². The maximum absolute atomic E-state index is 5.99. The van der Waals surface area contributed by atoms with Crippen molar-refractivity contribution in [3.8, 4) is 0 Å². The Morgan fingerprint density at radius 1 is 1.40 bits per heavy atom. The Morgan fingerprint density at radius 2 is 2.15 bits per heavy atom. The standard InChI is InChI=1S/C16H17ClN2S/c1-3-18-16(13-7-5-4-6-8-13)12(2)20-15-10-9-14(17)11-19-15/h3-10,14H,11H2,1-2H3/b16-12+,18-3-. The number of rotatable bonds is 3. The first-order valence-electron chi connectivity index (χ1n) is 6.50. The molecule has 0 fully saturated rings. The van der Waals surface area contributed by atoms with Crippen LogP contribution in [-0.2, 0) is 0 Å². The SMILES string of the molecule is C/C=N\C(=C(/C)SC1=NCC(Cl)C=C1)c1ccccc1. The number of alkyl halides is 1. The van der Waals surface area contributed by atoms with Crippen LogP contribution in [0.2, 0.25) is 0 Å². The molecular weight excluding hydrogens is 288 g/mol. The van der Waals surface area contributed by atoms with Crippen LogP contribution in [0.25, 0.3) is 5.70 Å². The van der Waals surface area contributed by atoms with Crippen molar-refractivity contribution in [1.29, 1.82) is 0 Å². The van der Waals surface area contributed by atoms with Crippen LogP contribution in [0.15, 0.2) is 57.4 Å². The van der Waals surface area contributed by atoms with Gasteiger partial charge in [0.1, 0.15) is 0 Å². The first-order valence-corrected chi connectivity index (χ1v) is 7.75. The average molecular weight is 305 g/mol. The number of thioether (sulfide) groups is 1. The van der Waals surface area contributed by atoms with Gasteiger partial charge in [-0.15, -0.1) is 11.6 Å². The van der Waals surface area contributed by atoms with E-state index in [9.17, 15) is 0 Å². The highest BCUT2D eigenvalue weighted by Gasteiger charge is 2.10. The van der Waals surface area contributed by atoms with Crippen LogP contribution in [0, 0.1) is 0 Å². The van der Waals surface area contributed by atoms with Gasteiger partial charge in [-0.3, -0.25) is 9.98 Å². The average Bonchev–Trinajstić information content (AvgIpc) is 2.48. The molecule has 104 valence electrons. The van der Waals surface area contributed by atoms with Crippen molar-refractivity contribution in [2.24, 2.45) is 9.98 Å². The zero-order valence-corrected chi connectivity index (χ0v) is 13.2. The van der Waals surface area contributed by atoms with Crippen LogP contribution in [-0.4, -0.2) is 23.2 Å². The summed E-state index contributed by atoms with van der Waals surface area (Å²) in [4.78, 5) is 10.1. The summed E-state index contributed by atoms with van der Waals surface area (Å²) in [7, 11) is 0. The first-order chi connectivity index (χ1) is 9.70. The Balaban J connectivity index is 2.25. The highest BCUT2D eigenvalue weighted by molar-refractivity contribution is 8.17. The van der Waals surface area contributed by atoms with Crippen LogP contribution in [0.3, 0.4) is 0 Å². The minimum absolute atomic E-state index is 0.0193. The Kier molecular flexibility index (Phi) is 5.62. The Hall–Kier alpha value is -1.32. The normalized spacial score (nSPS) is 19.9. The third-order valence-electron chi connectivity index (χ3n) is 2.77. The van der Waals surface area contributed by atoms with Gasteiger partial charge in [0.2, 0.25) is 0 Å². The third-order valence-corrected chi connectivity index (χ3v) is 4.02. The van der Waals surface area contributed by atoms with Crippen molar-refractivity contribution in [3.05, 3.63) is 53.0 Å². The predicted octanol–water partition coefficient (Wildman–Crippen LogP) is 4.77. The number of hydrogen-bond acceptors (Lipinski definition) is 3. The molecule has 1 unspecified atom stereocenters. The molecular formula is C16H17ClN2S. The molecule has 0 N–H and O–H groups in total. The maximum atomic E-state index is 5.99. The van der Waals surface area contributed by atoms with Gasteiger partial charge in [0, 0.05) is 16.7 Å². The lowest BCUT2D eigenvalue weighted by Gasteiger charge is -2.11. The molecule has 1 heterocycles. The van der Waals surface area contributed by atoms with E-state index in [2.05, 4.69) is 29.0 Å². The van der Waals surface area contributed by atoms with E-state index in [1.165, 1.54) is 0 Å². The fraction of sp³-hybridized carbons (Fsp3) is 0.250. The van der Waals surface area contributed by atoms with Gasteiger partial charge in [0.15, 0.2) is 0 Å². The van der Waals surface area contributed by atoms with Crippen LogP contribution in [0.5, 0.6) is 0 Å². The molecule has 0 aliphatic carbocycles. The van der Waals surface area contributed by atoms with Gasteiger partial charge in [-0.25, -0.2) is 0 Å². The van der Waals surface area contributed by atoms with Crippen molar-refractivity contribution in [2.45, 2.75) is 19.2 Å². The van der Waals surface area contributed by atoms with Crippen LogP contribution in [0.1, 0.15) is 19.4 Å². The number of allylic oxidation sites excluding steroid dienone is 1. The summed E-state index contributed by atoms with van der Waals surface area (Å²) in [6.45, 7) is 4.64. The van der Waals surface area contributed by atoms with E-state index in [4.69, 9.17) is 11.6 Å². The highest BCUT2D eigenvalue weighted by atomic mass is 35.5. The van der Waals surface area contributed by atoms with E-state index in [0.717, 1.165) is 21.2 Å². The largest absolute Gasteiger partial charge is 0.276 e. The first kappa shape index (κ1) is 15.1. The summed E-state index contributed by atoms with van der Waals surface area (Å²) < 4.78 is 0. The molecule has 0 saturated heterocycles. The van der Waals surface area contributed by atoms with E-state index in [1.807, 2.05) is 43.5 Å². The molecule has 1 aromatic carbocycles. The number of hydrogen-bond donors (Lipinski definition) is 0. The second-order valence-electron chi connectivity index (χ2n) is 4.31. The van der Waals surface area contributed by atoms with Crippen molar-refractivity contribution < 1.29 is 0 Å². The molecule has 1 atom stereocenters. The molecule has 0 saturated carbocycles. The predicted molar refractivity (Wildman–Crippen MR) is 91.9 cm³/mol. The monoisotopic (exact) mass is 304 g/mol. The quantitative estimate of drug-likeness (QED) is 0.583. The molecule has 0 amide bonds. The van der Waals surface area contributed by atoms with E-state index in [1.54, 1.807) is 11.8 Å². The van der Waals surface area contributed by atoms with E-state index in [0.29, 0.717) is 6.54 Å². The lowest BCUT2D eigenvalue weighted by molar-refractivity contribution is 1.01. The molecule has 0 spiro atoms. The molecule has 1 aliphatic rings. The van der Waals surface area contributed by atoms with Crippen molar-refractivity contribution >= 4 is 40.3 Å². The smallest absolute Gasteiger partial charge is 0.0947 e. The minimum Gasteiger partial charge on any atom is -0.276 e. The highest BCUT2D eigenvalue weighted by Crippen LogP contribution is 2.29. The second-order valence-corrected chi connectivity index (χ2v) is 6.11. The van der Waals surface area contributed by atoms with Crippen molar-refractivity contribution in [1.82, 2.24) is 0 Å². The number of halogens is 1. The summed E-state index contributed by atoms with van der Waals surface area (Å²) in [5, 5.41) is 1.00. The minimum atomic E-state index is 0.0193. The zero-order chi connectivity index (χ0) is 14.4. The lowest BCUT2D eigenvalue weighted by Crippen LogP contribution is -2.07. The molecule has 1 aliphatic heterocycles. The van der Waals surface area contributed by atoms with Crippen LogP contribution in [0.4, 0.5) is 0 Å². The number of nitrogens with zero attached hydrogens (tertiary/aromatic N) is 2. The summed E-state index contributed by atoms with van der Waals surface area (Å²) in [6, 6.07) is 10.2. The lowest BCUT2D eigenvalue weighted by atomic mass is 10.1. The molecule has 2 nitrogen and oxygen atoms in total. The fourth-order valence-electron chi connectivity index (χ4n) is 1.84. The van der Waals surface area contributed by atoms with Gasteiger partial charge < -0.3 is 0 Å². The van der Waals surface area contributed by atoms with E-state index in [-0.39, 0.29) is 5.38 Å². The third kappa shape index (κ3) is 4.09. The number of aliphatic imine (C=N–C) groups is 2. The van der Waals surface area contributed by atoms with Crippen LogP contribution >= 0.6 is 23.4 Å². The summed E-state index contributed by atoms with van der Waals surface area (Å²) >= 11 is 7.62. The van der Waals surface area contributed by atoms with Gasteiger partial charge in [0.25, 0.3) is 0 Å². The van der Waals surface area contributed by atoms with E-state index >= 15 is 0 Å². The topological polar surface area (TPSA) is 24.7 Å². The van der Waals surface area contributed by atoms with Gasteiger partial charge in [-0.05, 0) is 19.9 Å². The van der Waals surface area contributed by atoms with Gasteiger partial charge in [-0.2, -0.15) is 0 Å². The van der Waals surface area contributed by atoms with Crippen molar-refractivity contribution in [2.75, 3.05) is 6.54 Å². The summed E-state index contributed by atoms with van der Waals surface area (Å²) in [5.41, 5.74) is 2.11.